The number of Topliss-reactive ketones (excluding diaryl/α,β-unsaturated/α-hetero) is 1. The fourth-order valence-electron chi connectivity index (χ4n) is 1.97. The SMILES string of the molecule is Cc1cc(F)ccc1CC(=O)c1cc([N+](=O)[O-])ccc1Cl. The Morgan fingerprint density at radius 2 is 2.00 bits per heavy atom. The van der Waals surface area contributed by atoms with Crippen molar-refractivity contribution in [1.29, 1.82) is 0 Å². The summed E-state index contributed by atoms with van der Waals surface area (Å²) in [6.45, 7) is 1.70. The summed E-state index contributed by atoms with van der Waals surface area (Å²) in [4.78, 5) is 22.4. The van der Waals surface area contributed by atoms with Gasteiger partial charge in [-0.25, -0.2) is 4.39 Å². The van der Waals surface area contributed by atoms with Crippen LogP contribution in [0.3, 0.4) is 0 Å². The van der Waals surface area contributed by atoms with Gasteiger partial charge in [0.05, 0.1) is 9.95 Å². The lowest BCUT2D eigenvalue weighted by atomic mass is 9.99. The minimum atomic E-state index is -0.587. The summed E-state index contributed by atoms with van der Waals surface area (Å²) in [5.74, 6) is -0.726. The topological polar surface area (TPSA) is 60.2 Å². The van der Waals surface area contributed by atoms with Crippen LogP contribution in [0.15, 0.2) is 36.4 Å². The molecular formula is C15H11ClFNO3. The minimum absolute atomic E-state index is 0.00695. The standard InChI is InChI=1S/C15H11ClFNO3/c1-9-6-11(17)3-2-10(9)7-15(19)13-8-12(18(20)21)4-5-14(13)16/h2-6,8H,7H2,1H3. The molecule has 0 unspecified atom stereocenters. The van der Waals surface area contributed by atoms with E-state index in [4.69, 9.17) is 11.6 Å². The van der Waals surface area contributed by atoms with E-state index in [0.29, 0.717) is 11.1 Å². The third-order valence-corrected chi connectivity index (χ3v) is 3.45. The number of nitro benzene ring substituents is 1. The van der Waals surface area contributed by atoms with Crippen molar-refractivity contribution in [2.24, 2.45) is 0 Å². The molecule has 2 rings (SSSR count). The first-order valence-corrected chi connectivity index (χ1v) is 6.48. The average molecular weight is 308 g/mol. The van der Waals surface area contributed by atoms with Crippen LogP contribution >= 0.6 is 11.6 Å². The highest BCUT2D eigenvalue weighted by atomic mass is 35.5. The highest BCUT2D eigenvalue weighted by molar-refractivity contribution is 6.34. The fraction of sp³-hybridized carbons (Fsp3) is 0.133. The van der Waals surface area contributed by atoms with Crippen molar-refractivity contribution in [1.82, 2.24) is 0 Å². The van der Waals surface area contributed by atoms with E-state index in [1.54, 1.807) is 6.92 Å². The molecule has 0 saturated heterocycles. The van der Waals surface area contributed by atoms with E-state index in [9.17, 15) is 19.3 Å². The maximum absolute atomic E-state index is 13.0. The van der Waals surface area contributed by atoms with E-state index in [1.165, 1.54) is 30.3 Å². The molecule has 4 nitrogen and oxygen atoms in total. The Morgan fingerprint density at radius 1 is 1.29 bits per heavy atom. The van der Waals surface area contributed by atoms with E-state index in [2.05, 4.69) is 0 Å². The second kappa shape index (κ2) is 6.01. The van der Waals surface area contributed by atoms with Crippen LogP contribution < -0.4 is 0 Å². The first-order chi connectivity index (χ1) is 9.88. The van der Waals surface area contributed by atoms with Crippen molar-refractivity contribution < 1.29 is 14.1 Å². The number of halogens is 2. The van der Waals surface area contributed by atoms with Crippen molar-refractivity contribution in [2.45, 2.75) is 13.3 Å². The summed E-state index contributed by atoms with van der Waals surface area (Å²) in [7, 11) is 0. The van der Waals surface area contributed by atoms with Crippen LogP contribution in [0.5, 0.6) is 0 Å². The Morgan fingerprint density at radius 3 is 2.62 bits per heavy atom. The van der Waals surface area contributed by atoms with Gasteiger partial charge in [-0.2, -0.15) is 0 Å². The predicted octanol–water partition coefficient (Wildman–Crippen LogP) is 4.12. The van der Waals surface area contributed by atoms with Gasteiger partial charge < -0.3 is 0 Å². The van der Waals surface area contributed by atoms with Gasteiger partial charge in [0.25, 0.3) is 5.69 Å². The Hall–Kier alpha value is -2.27. The molecule has 0 heterocycles. The van der Waals surface area contributed by atoms with Crippen LogP contribution in [-0.4, -0.2) is 10.7 Å². The lowest BCUT2D eigenvalue weighted by molar-refractivity contribution is -0.384. The molecule has 6 heteroatoms. The molecule has 0 N–H and O–H groups in total. The number of nitrogens with zero attached hydrogens (tertiary/aromatic N) is 1. The largest absolute Gasteiger partial charge is 0.294 e. The highest BCUT2D eigenvalue weighted by Gasteiger charge is 2.17. The third-order valence-electron chi connectivity index (χ3n) is 3.12. The zero-order chi connectivity index (χ0) is 15.6. The predicted molar refractivity (Wildman–Crippen MR) is 77.3 cm³/mol. The summed E-state index contributed by atoms with van der Waals surface area (Å²) >= 11 is 5.92. The van der Waals surface area contributed by atoms with Crippen LogP contribution in [0.2, 0.25) is 5.02 Å². The number of aryl methyl sites for hydroxylation is 1. The molecule has 0 fully saturated rings. The van der Waals surface area contributed by atoms with Crippen LogP contribution in [0.25, 0.3) is 0 Å². The van der Waals surface area contributed by atoms with Gasteiger partial charge in [-0.1, -0.05) is 17.7 Å². The number of hydrogen-bond acceptors (Lipinski definition) is 3. The Bertz CT molecular complexity index is 731. The van der Waals surface area contributed by atoms with Gasteiger partial charge in [0.15, 0.2) is 5.78 Å². The van der Waals surface area contributed by atoms with Gasteiger partial charge in [-0.05, 0) is 36.2 Å². The van der Waals surface area contributed by atoms with E-state index >= 15 is 0 Å². The molecule has 2 aromatic carbocycles. The quantitative estimate of drug-likeness (QED) is 0.485. The number of nitro groups is 1. The molecule has 0 atom stereocenters. The van der Waals surface area contributed by atoms with E-state index in [1.807, 2.05) is 0 Å². The number of ketones is 1. The van der Waals surface area contributed by atoms with Crippen LogP contribution in [-0.2, 0) is 6.42 Å². The first kappa shape index (κ1) is 15.1. The molecule has 108 valence electrons. The average Bonchev–Trinajstić information content (AvgIpc) is 2.42. The molecule has 0 spiro atoms. The maximum atomic E-state index is 13.0. The summed E-state index contributed by atoms with van der Waals surface area (Å²) < 4.78 is 13.0. The summed E-state index contributed by atoms with van der Waals surface area (Å²) in [6, 6.07) is 7.84. The van der Waals surface area contributed by atoms with Crippen LogP contribution in [0, 0.1) is 22.9 Å². The number of carbonyl (C=O) groups is 1. The summed E-state index contributed by atoms with van der Waals surface area (Å²) in [5, 5.41) is 10.9. The van der Waals surface area contributed by atoms with Crippen molar-refractivity contribution in [3.05, 3.63) is 74.0 Å². The molecule has 0 saturated carbocycles. The lowest BCUT2D eigenvalue weighted by Crippen LogP contribution is -2.06. The van der Waals surface area contributed by atoms with Crippen LogP contribution in [0.4, 0.5) is 10.1 Å². The van der Waals surface area contributed by atoms with Gasteiger partial charge in [-0.15, -0.1) is 0 Å². The fourth-order valence-corrected chi connectivity index (χ4v) is 2.19. The van der Waals surface area contributed by atoms with E-state index < -0.39 is 4.92 Å². The monoisotopic (exact) mass is 307 g/mol. The molecule has 0 aromatic heterocycles. The maximum Gasteiger partial charge on any atom is 0.270 e. The molecule has 0 aliphatic carbocycles. The Labute approximate surface area is 125 Å². The van der Waals surface area contributed by atoms with Crippen molar-refractivity contribution in [3.8, 4) is 0 Å². The van der Waals surface area contributed by atoms with E-state index in [0.717, 1.165) is 6.07 Å². The Kier molecular flexibility index (Phi) is 4.33. The number of benzene rings is 2. The molecule has 0 aliphatic rings. The second-order valence-electron chi connectivity index (χ2n) is 4.59. The molecule has 0 radical (unpaired) electrons. The van der Waals surface area contributed by atoms with Gasteiger partial charge >= 0.3 is 0 Å². The smallest absolute Gasteiger partial charge is 0.270 e. The van der Waals surface area contributed by atoms with Crippen molar-refractivity contribution in [3.63, 3.8) is 0 Å². The molecular weight excluding hydrogens is 297 g/mol. The zero-order valence-electron chi connectivity index (χ0n) is 11.1. The van der Waals surface area contributed by atoms with Crippen LogP contribution in [0.1, 0.15) is 21.5 Å². The van der Waals surface area contributed by atoms with E-state index in [-0.39, 0.29) is 34.3 Å². The number of carbonyl (C=O) groups excluding carboxylic acids is 1. The molecule has 21 heavy (non-hydrogen) atoms. The third kappa shape index (κ3) is 3.44. The summed E-state index contributed by atoms with van der Waals surface area (Å²) in [5.41, 5.74) is 1.20. The molecule has 0 aliphatic heterocycles. The minimum Gasteiger partial charge on any atom is -0.294 e. The van der Waals surface area contributed by atoms with Gasteiger partial charge in [0.1, 0.15) is 5.82 Å². The van der Waals surface area contributed by atoms with Gasteiger partial charge in [0.2, 0.25) is 0 Å². The summed E-state index contributed by atoms with van der Waals surface area (Å²) in [6.07, 6.45) is 0.00695. The Balaban J connectivity index is 2.32. The normalized spacial score (nSPS) is 10.4. The number of rotatable bonds is 4. The van der Waals surface area contributed by atoms with Gasteiger partial charge in [-0.3, -0.25) is 14.9 Å². The number of non-ortho nitro benzene ring substituents is 1. The second-order valence-corrected chi connectivity index (χ2v) is 5.00. The molecule has 0 amide bonds. The molecule has 0 bridgehead atoms. The zero-order valence-corrected chi connectivity index (χ0v) is 11.9. The first-order valence-electron chi connectivity index (χ1n) is 6.10. The van der Waals surface area contributed by atoms with Crippen molar-refractivity contribution >= 4 is 23.1 Å². The lowest BCUT2D eigenvalue weighted by Gasteiger charge is -2.07. The highest BCUT2D eigenvalue weighted by Crippen LogP contribution is 2.24. The number of hydrogen-bond donors (Lipinski definition) is 0. The van der Waals surface area contributed by atoms with Crippen molar-refractivity contribution in [2.75, 3.05) is 0 Å². The van der Waals surface area contributed by atoms with Gasteiger partial charge in [0, 0.05) is 24.1 Å². The molecule has 2 aromatic rings.